The summed E-state index contributed by atoms with van der Waals surface area (Å²) in [6.45, 7) is 3.44. The molecule has 3 N–H and O–H groups in total. The Morgan fingerprint density at radius 2 is 2.18 bits per heavy atom. The van der Waals surface area contributed by atoms with E-state index in [0.29, 0.717) is 17.7 Å². The summed E-state index contributed by atoms with van der Waals surface area (Å²) >= 11 is 0. The van der Waals surface area contributed by atoms with E-state index in [4.69, 9.17) is 12.2 Å². The lowest BCUT2D eigenvalue weighted by Crippen LogP contribution is -2.32. The third-order valence-electron chi connectivity index (χ3n) is 2.28. The molecule has 92 valence electrons. The average Bonchev–Trinajstić information content (AvgIpc) is 2.21. The summed E-state index contributed by atoms with van der Waals surface area (Å²) in [5.41, 5.74) is 6.66. The Balaban J connectivity index is 3.06. The number of terminal acetylenes is 1. The van der Waals surface area contributed by atoms with Crippen LogP contribution in [0.1, 0.15) is 18.9 Å². The van der Waals surface area contributed by atoms with E-state index in [2.05, 4.69) is 10.6 Å². The molecule has 0 saturated carbocycles. The number of anilines is 1. The van der Waals surface area contributed by atoms with Crippen molar-refractivity contribution in [3.63, 3.8) is 0 Å². The lowest BCUT2D eigenvalue weighted by Gasteiger charge is -2.13. The summed E-state index contributed by atoms with van der Waals surface area (Å²) in [6, 6.07) is 4.49. The minimum absolute atomic E-state index is 0.196. The molecule has 0 aliphatic carbocycles. The Hall–Kier alpha value is -1.51. The maximum absolute atomic E-state index is 12.1. The molecule has 4 nitrogen and oxygen atoms in total. The van der Waals surface area contributed by atoms with Gasteiger partial charge >= 0.3 is 0 Å². The fourth-order valence-corrected chi connectivity index (χ4v) is 2.98. The number of rotatable bonds is 4. The molecule has 0 aliphatic rings. The van der Waals surface area contributed by atoms with Crippen molar-refractivity contribution in [3.05, 3.63) is 23.8 Å². The van der Waals surface area contributed by atoms with Crippen LogP contribution in [0.25, 0.3) is 0 Å². The van der Waals surface area contributed by atoms with Gasteiger partial charge in [-0.2, -0.15) is 0 Å². The molecule has 1 atom stereocenters. The third-order valence-corrected chi connectivity index (χ3v) is 4.01. The average molecular weight is 252 g/mol. The molecule has 5 heteroatoms. The molecule has 1 aromatic rings. The SMILES string of the molecule is C#CCC(C)NS(=O)(=O)c1cc(N)ccc1C. The summed E-state index contributed by atoms with van der Waals surface area (Å²) < 4.78 is 26.6. The van der Waals surface area contributed by atoms with E-state index in [1.807, 2.05) is 0 Å². The molecular weight excluding hydrogens is 236 g/mol. The Labute approximate surface area is 102 Å². The van der Waals surface area contributed by atoms with Gasteiger partial charge in [0.1, 0.15) is 0 Å². The topological polar surface area (TPSA) is 72.2 Å². The van der Waals surface area contributed by atoms with E-state index < -0.39 is 10.0 Å². The molecule has 0 fully saturated rings. The van der Waals surface area contributed by atoms with E-state index in [0.717, 1.165) is 0 Å². The standard InChI is InChI=1S/C12H16N2O2S/c1-4-5-10(3)14-17(15,16)12-8-11(13)7-6-9(12)2/h1,6-8,10,14H,5,13H2,2-3H3. The van der Waals surface area contributed by atoms with Crippen molar-refractivity contribution in [1.82, 2.24) is 4.72 Å². The normalized spacial score (nSPS) is 13.0. The van der Waals surface area contributed by atoms with Crippen molar-refractivity contribution >= 4 is 15.7 Å². The molecule has 0 saturated heterocycles. The third kappa shape index (κ3) is 3.48. The number of benzene rings is 1. The van der Waals surface area contributed by atoms with E-state index >= 15 is 0 Å². The van der Waals surface area contributed by atoms with Gasteiger partial charge in [0.15, 0.2) is 0 Å². The van der Waals surface area contributed by atoms with Crippen molar-refractivity contribution in [2.45, 2.75) is 31.2 Å². The van der Waals surface area contributed by atoms with Gasteiger partial charge in [-0.1, -0.05) is 6.07 Å². The van der Waals surface area contributed by atoms with Gasteiger partial charge in [0.2, 0.25) is 10.0 Å². The Kier molecular flexibility index (Phi) is 4.16. The monoisotopic (exact) mass is 252 g/mol. The molecule has 0 aliphatic heterocycles. The zero-order chi connectivity index (χ0) is 13.1. The smallest absolute Gasteiger partial charge is 0.241 e. The molecule has 0 amide bonds. The van der Waals surface area contributed by atoms with E-state index in [-0.39, 0.29) is 10.9 Å². The van der Waals surface area contributed by atoms with Gasteiger partial charge in [-0.3, -0.25) is 0 Å². The highest BCUT2D eigenvalue weighted by Gasteiger charge is 2.19. The summed E-state index contributed by atoms with van der Waals surface area (Å²) in [4.78, 5) is 0.196. The first kappa shape index (κ1) is 13.6. The largest absolute Gasteiger partial charge is 0.399 e. The minimum Gasteiger partial charge on any atom is -0.399 e. The van der Waals surface area contributed by atoms with Crippen LogP contribution in [0.3, 0.4) is 0 Å². The van der Waals surface area contributed by atoms with Gasteiger partial charge in [-0.05, 0) is 31.5 Å². The van der Waals surface area contributed by atoms with Crippen LogP contribution in [0, 0.1) is 19.3 Å². The van der Waals surface area contributed by atoms with Crippen molar-refractivity contribution in [1.29, 1.82) is 0 Å². The first-order valence-corrected chi connectivity index (χ1v) is 6.67. The highest BCUT2D eigenvalue weighted by Crippen LogP contribution is 2.18. The van der Waals surface area contributed by atoms with Crippen LogP contribution in [0.4, 0.5) is 5.69 Å². The van der Waals surface area contributed by atoms with Crippen LogP contribution in [0.5, 0.6) is 0 Å². The minimum atomic E-state index is -3.56. The van der Waals surface area contributed by atoms with Crippen molar-refractivity contribution in [2.24, 2.45) is 0 Å². The molecule has 1 rings (SSSR count). The first-order valence-electron chi connectivity index (χ1n) is 5.18. The lowest BCUT2D eigenvalue weighted by molar-refractivity contribution is 0.563. The number of aryl methyl sites for hydroxylation is 1. The summed E-state index contributed by atoms with van der Waals surface area (Å²) in [5, 5.41) is 0. The van der Waals surface area contributed by atoms with Crippen LogP contribution >= 0.6 is 0 Å². The van der Waals surface area contributed by atoms with Gasteiger partial charge in [-0.15, -0.1) is 12.3 Å². The second-order valence-corrected chi connectivity index (χ2v) is 5.64. The second kappa shape index (κ2) is 5.21. The van der Waals surface area contributed by atoms with Crippen LogP contribution in [0.15, 0.2) is 23.1 Å². The second-order valence-electron chi connectivity index (χ2n) is 3.96. The lowest BCUT2D eigenvalue weighted by atomic mass is 10.2. The van der Waals surface area contributed by atoms with Crippen molar-refractivity contribution < 1.29 is 8.42 Å². The Morgan fingerprint density at radius 3 is 2.76 bits per heavy atom. The summed E-state index contributed by atoms with van der Waals surface area (Å²) in [5.74, 6) is 2.42. The quantitative estimate of drug-likeness (QED) is 0.626. The van der Waals surface area contributed by atoms with Crippen LogP contribution in [-0.4, -0.2) is 14.5 Å². The van der Waals surface area contributed by atoms with Crippen molar-refractivity contribution in [3.8, 4) is 12.3 Å². The Bertz CT molecular complexity index is 544. The number of hydrogen-bond donors (Lipinski definition) is 2. The zero-order valence-corrected chi connectivity index (χ0v) is 10.7. The molecule has 0 radical (unpaired) electrons. The molecule has 1 aromatic carbocycles. The highest BCUT2D eigenvalue weighted by atomic mass is 32.2. The fraction of sp³-hybridized carbons (Fsp3) is 0.333. The van der Waals surface area contributed by atoms with Gasteiger partial charge in [0.05, 0.1) is 4.90 Å². The number of nitrogen functional groups attached to an aromatic ring is 1. The van der Waals surface area contributed by atoms with Crippen LogP contribution in [0.2, 0.25) is 0 Å². The summed E-state index contributed by atoms with van der Waals surface area (Å²) in [6.07, 6.45) is 5.48. The number of hydrogen-bond acceptors (Lipinski definition) is 3. The number of sulfonamides is 1. The van der Waals surface area contributed by atoms with E-state index in [1.165, 1.54) is 6.07 Å². The zero-order valence-electron chi connectivity index (χ0n) is 9.90. The van der Waals surface area contributed by atoms with Crippen molar-refractivity contribution in [2.75, 3.05) is 5.73 Å². The van der Waals surface area contributed by atoms with Crippen LogP contribution in [-0.2, 0) is 10.0 Å². The maximum Gasteiger partial charge on any atom is 0.241 e. The summed E-state index contributed by atoms with van der Waals surface area (Å²) in [7, 11) is -3.56. The molecule has 0 aromatic heterocycles. The molecular formula is C12H16N2O2S. The first-order chi connectivity index (χ1) is 7.86. The van der Waals surface area contributed by atoms with Crippen LogP contribution < -0.4 is 10.5 Å². The van der Waals surface area contributed by atoms with Gasteiger partial charge in [0.25, 0.3) is 0 Å². The van der Waals surface area contributed by atoms with Gasteiger partial charge in [0, 0.05) is 18.2 Å². The van der Waals surface area contributed by atoms with E-state index in [1.54, 1.807) is 26.0 Å². The molecule has 0 bridgehead atoms. The van der Waals surface area contributed by atoms with E-state index in [9.17, 15) is 8.42 Å². The van der Waals surface area contributed by atoms with Gasteiger partial charge < -0.3 is 5.73 Å². The fourth-order valence-electron chi connectivity index (χ4n) is 1.45. The number of nitrogens with two attached hydrogens (primary N) is 1. The van der Waals surface area contributed by atoms with Gasteiger partial charge in [-0.25, -0.2) is 13.1 Å². The molecule has 0 spiro atoms. The molecule has 17 heavy (non-hydrogen) atoms. The molecule has 1 unspecified atom stereocenters. The maximum atomic E-state index is 12.1. The predicted octanol–water partition coefficient (Wildman–Crippen LogP) is 1.27. The highest BCUT2D eigenvalue weighted by molar-refractivity contribution is 7.89. The number of nitrogens with one attached hydrogen (secondary N) is 1. The Morgan fingerprint density at radius 1 is 1.53 bits per heavy atom. The predicted molar refractivity (Wildman–Crippen MR) is 68.8 cm³/mol. The molecule has 0 heterocycles.